The van der Waals surface area contributed by atoms with Crippen LogP contribution in [-0.4, -0.2) is 52.7 Å². The van der Waals surface area contributed by atoms with Crippen molar-refractivity contribution < 1.29 is 4.74 Å². The Labute approximate surface area is 159 Å². The van der Waals surface area contributed by atoms with Gasteiger partial charge < -0.3 is 15.0 Å². The third-order valence-electron chi connectivity index (χ3n) is 4.24. The number of rotatable bonds is 7. The van der Waals surface area contributed by atoms with Gasteiger partial charge in [0.1, 0.15) is 11.6 Å². The summed E-state index contributed by atoms with van der Waals surface area (Å²) in [4.78, 5) is 6.47. The van der Waals surface area contributed by atoms with Crippen LogP contribution in [0.1, 0.15) is 18.3 Å². The molecule has 2 heterocycles. The van der Waals surface area contributed by atoms with Crippen molar-refractivity contribution in [1.29, 1.82) is 0 Å². The van der Waals surface area contributed by atoms with Crippen LogP contribution in [0.2, 0.25) is 0 Å². The maximum Gasteiger partial charge on any atom is 0.193 e. The van der Waals surface area contributed by atoms with Crippen molar-refractivity contribution >= 4 is 11.6 Å². The smallest absolute Gasteiger partial charge is 0.193 e. The molecule has 0 amide bonds. The van der Waals surface area contributed by atoms with Crippen LogP contribution in [0.3, 0.4) is 0 Å². The molecule has 0 fully saturated rings. The molecular formula is C20H26N6O. The van der Waals surface area contributed by atoms with Crippen LogP contribution in [0.5, 0.6) is 5.75 Å². The van der Waals surface area contributed by atoms with Crippen LogP contribution in [0, 0.1) is 0 Å². The molecule has 142 valence electrons. The fourth-order valence-electron chi connectivity index (χ4n) is 2.94. The van der Waals surface area contributed by atoms with E-state index in [-0.39, 0.29) is 0 Å². The summed E-state index contributed by atoms with van der Waals surface area (Å²) in [5, 5.41) is 11.8. The summed E-state index contributed by atoms with van der Waals surface area (Å²) in [6.45, 7) is 4.16. The number of hydrogen-bond acceptors (Lipinski definition) is 4. The Bertz CT molecular complexity index is 887. The largest absolute Gasteiger partial charge is 0.494 e. The highest BCUT2D eigenvalue weighted by molar-refractivity contribution is 5.79. The van der Waals surface area contributed by atoms with Crippen LogP contribution in [-0.2, 0) is 13.0 Å². The van der Waals surface area contributed by atoms with E-state index < -0.39 is 0 Å². The molecular weight excluding hydrogens is 340 g/mol. The van der Waals surface area contributed by atoms with Crippen molar-refractivity contribution in [2.24, 2.45) is 4.99 Å². The number of aliphatic imine (C=N–C) groups is 1. The van der Waals surface area contributed by atoms with Crippen molar-refractivity contribution in [3.63, 3.8) is 0 Å². The number of nitrogens with zero attached hydrogens (tertiary/aromatic N) is 5. The second-order valence-electron chi connectivity index (χ2n) is 6.20. The summed E-state index contributed by atoms with van der Waals surface area (Å²) >= 11 is 0. The zero-order valence-electron chi connectivity index (χ0n) is 16.1. The molecule has 27 heavy (non-hydrogen) atoms. The average Bonchev–Trinajstić information content (AvgIpc) is 3.10. The molecule has 7 nitrogen and oxygen atoms in total. The Morgan fingerprint density at radius 1 is 1.19 bits per heavy atom. The van der Waals surface area contributed by atoms with Gasteiger partial charge in [-0.25, -0.2) is 0 Å². The quantitative estimate of drug-likeness (QED) is 0.514. The van der Waals surface area contributed by atoms with Crippen molar-refractivity contribution in [3.8, 4) is 5.75 Å². The number of nitrogens with one attached hydrogen (secondary N) is 1. The second-order valence-corrected chi connectivity index (χ2v) is 6.20. The monoisotopic (exact) mass is 366 g/mol. The van der Waals surface area contributed by atoms with E-state index >= 15 is 0 Å². The van der Waals surface area contributed by atoms with E-state index in [1.165, 1.54) is 5.56 Å². The maximum absolute atomic E-state index is 5.49. The molecule has 2 aromatic heterocycles. The van der Waals surface area contributed by atoms with Gasteiger partial charge >= 0.3 is 0 Å². The predicted molar refractivity (Wildman–Crippen MR) is 107 cm³/mol. The summed E-state index contributed by atoms with van der Waals surface area (Å²) in [5.41, 5.74) is 2.07. The van der Waals surface area contributed by atoms with Crippen LogP contribution in [0.25, 0.3) is 5.65 Å². The van der Waals surface area contributed by atoms with Gasteiger partial charge in [0.15, 0.2) is 11.6 Å². The summed E-state index contributed by atoms with van der Waals surface area (Å²) in [5.74, 6) is 2.67. The van der Waals surface area contributed by atoms with Gasteiger partial charge in [0.05, 0.1) is 6.61 Å². The molecule has 1 N–H and O–H groups in total. The molecule has 0 aliphatic rings. The first-order valence-corrected chi connectivity index (χ1v) is 9.13. The van der Waals surface area contributed by atoms with Gasteiger partial charge in [-0.15, -0.1) is 10.2 Å². The molecule has 0 aliphatic carbocycles. The lowest BCUT2D eigenvalue weighted by molar-refractivity contribution is 0.340. The first-order chi connectivity index (χ1) is 13.2. The number of guanidine groups is 1. The van der Waals surface area contributed by atoms with Gasteiger partial charge in [-0.1, -0.05) is 18.2 Å². The molecule has 0 saturated heterocycles. The zero-order valence-corrected chi connectivity index (χ0v) is 16.1. The van der Waals surface area contributed by atoms with E-state index in [2.05, 4.69) is 37.5 Å². The summed E-state index contributed by atoms with van der Waals surface area (Å²) in [6, 6.07) is 14.1. The maximum atomic E-state index is 5.49. The minimum atomic E-state index is 0.678. The molecule has 3 rings (SSSR count). The standard InChI is InChI=1S/C20H26N6O/c1-4-27-17-10-8-16(9-11-17)15-25(3)20(21-2)22-13-12-19-24-23-18-7-5-6-14-26(18)19/h5-11,14H,4,12-13,15H2,1-3H3,(H,21,22). The number of fused-ring (bicyclic) bond motifs is 1. The Kier molecular flexibility index (Phi) is 6.25. The number of ether oxygens (including phenoxy) is 1. The lowest BCUT2D eigenvalue weighted by Crippen LogP contribution is -2.39. The Morgan fingerprint density at radius 2 is 2.00 bits per heavy atom. The lowest BCUT2D eigenvalue weighted by Gasteiger charge is -2.22. The second kappa shape index (κ2) is 9.02. The van der Waals surface area contributed by atoms with E-state index in [9.17, 15) is 0 Å². The highest BCUT2D eigenvalue weighted by Gasteiger charge is 2.08. The van der Waals surface area contributed by atoms with Gasteiger partial charge in [-0.05, 0) is 36.8 Å². The molecule has 0 bridgehead atoms. The SMILES string of the molecule is CCOc1ccc(CN(C)C(=NC)NCCc2nnc3ccccn23)cc1. The Morgan fingerprint density at radius 3 is 2.74 bits per heavy atom. The van der Waals surface area contributed by atoms with Crippen LogP contribution in [0.4, 0.5) is 0 Å². The molecule has 0 aliphatic heterocycles. The number of hydrogen-bond donors (Lipinski definition) is 1. The molecule has 3 aromatic rings. The predicted octanol–water partition coefficient (Wildman–Crippen LogP) is 2.38. The van der Waals surface area contributed by atoms with Gasteiger partial charge in [0.25, 0.3) is 0 Å². The average molecular weight is 366 g/mol. The Balaban J connectivity index is 1.53. The van der Waals surface area contributed by atoms with Crippen molar-refractivity contribution in [2.45, 2.75) is 19.9 Å². The first-order valence-electron chi connectivity index (χ1n) is 9.13. The summed E-state index contributed by atoms with van der Waals surface area (Å²) in [7, 11) is 3.82. The fraction of sp³-hybridized carbons (Fsp3) is 0.350. The van der Waals surface area contributed by atoms with Gasteiger partial charge in [-0.2, -0.15) is 0 Å². The molecule has 7 heteroatoms. The Hall–Kier alpha value is -3.09. The van der Waals surface area contributed by atoms with Crippen LogP contribution >= 0.6 is 0 Å². The lowest BCUT2D eigenvalue weighted by atomic mass is 10.2. The van der Waals surface area contributed by atoms with Crippen molar-refractivity contribution in [3.05, 3.63) is 60.0 Å². The normalized spacial score (nSPS) is 11.6. The van der Waals surface area contributed by atoms with E-state index in [4.69, 9.17) is 4.74 Å². The number of pyridine rings is 1. The molecule has 1 aromatic carbocycles. The molecule has 0 saturated carbocycles. The first kappa shape index (κ1) is 18.7. The zero-order chi connectivity index (χ0) is 19.1. The molecule has 0 unspecified atom stereocenters. The fourth-order valence-corrected chi connectivity index (χ4v) is 2.94. The van der Waals surface area contributed by atoms with Gasteiger partial charge in [0, 0.05) is 39.8 Å². The van der Waals surface area contributed by atoms with Crippen LogP contribution in [0.15, 0.2) is 53.7 Å². The van der Waals surface area contributed by atoms with Crippen molar-refractivity contribution in [1.82, 2.24) is 24.8 Å². The number of aromatic nitrogens is 3. The molecule has 0 spiro atoms. The summed E-state index contributed by atoms with van der Waals surface area (Å²) < 4.78 is 7.50. The molecule has 0 radical (unpaired) electrons. The number of benzene rings is 1. The van der Waals surface area contributed by atoms with Gasteiger partial charge in [-0.3, -0.25) is 9.39 Å². The van der Waals surface area contributed by atoms with Crippen molar-refractivity contribution in [2.75, 3.05) is 27.2 Å². The third-order valence-corrected chi connectivity index (χ3v) is 4.24. The molecule has 0 atom stereocenters. The van der Waals surface area contributed by atoms with E-state index in [0.29, 0.717) is 6.61 Å². The van der Waals surface area contributed by atoms with Gasteiger partial charge in [0.2, 0.25) is 0 Å². The van der Waals surface area contributed by atoms with E-state index in [1.807, 2.05) is 54.9 Å². The third kappa shape index (κ3) is 4.75. The highest BCUT2D eigenvalue weighted by atomic mass is 16.5. The topological polar surface area (TPSA) is 67.0 Å². The van der Waals surface area contributed by atoms with Crippen LogP contribution < -0.4 is 10.1 Å². The summed E-state index contributed by atoms with van der Waals surface area (Å²) in [6.07, 6.45) is 2.75. The van der Waals surface area contributed by atoms with E-state index in [0.717, 1.165) is 42.7 Å². The minimum Gasteiger partial charge on any atom is -0.494 e. The highest BCUT2D eigenvalue weighted by Crippen LogP contribution is 2.13. The minimum absolute atomic E-state index is 0.678. The van der Waals surface area contributed by atoms with E-state index in [1.54, 1.807) is 7.05 Å².